The Hall–Kier alpha value is -4.77. The van der Waals surface area contributed by atoms with Crippen molar-refractivity contribution in [2.24, 2.45) is 0 Å². The molecule has 0 aliphatic carbocycles. The molecule has 10 rings (SSSR count). The summed E-state index contributed by atoms with van der Waals surface area (Å²) in [5.74, 6) is 2.30. The summed E-state index contributed by atoms with van der Waals surface area (Å²) >= 11 is -3.61. The van der Waals surface area contributed by atoms with E-state index in [1.165, 1.54) is 5.39 Å². The molecular formula is C42H26GaLiO4. The van der Waals surface area contributed by atoms with Crippen LogP contribution in [-0.2, 0) is 12.8 Å². The molecule has 0 atom stereocenters. The van der Waals surface area contributed by atoms with E-state index in [1.54, 1.807) is 6.07 Å². The molecule has 2 aliphatic heterocycles. The third-order valence-electron chi connectivity index (χ3n) is 9.75. The molecule has 8 aromatic rings. The number of hydrogen-bond acceptors (Lipinski definition) is 4. The van der Waals surface area contributed by atoms with Gasteiger partial charge >= 0.3 is 298 Å². The summed E-state index contributed by atoms with van der Waals surface area (Å²) in [7, 11) is 0. The van der Waals surface area contributed by atoms with Gasteiger partial charge in [0.05, 0.1) is 0 Å². The van der Waals surface area contributed by atoms with Gasteiger partial charge in [-0.3, -0.25) is 0 Å². The Morgan fingerprint density at radius 3 is 1.44 bits per heavy atom. The van der Waals surface area contributed by atoms with Crippen LogP contribution in [0.3, 0.4) is 0 Å². The van der Waals surface area contributed by atoms with E-state index in [1.807, 2.05) is 30.3 Å². The normalized spacial score (nSPS) is 13.2. The SMILES string of the molecule is [Li+].[O-]c1ccc2ccccc2c1-c1c2c(cc3ccccc13)CCc1cc3ccccc3c3c1[O][Ga]([O]c1ccc4ccccc4c1-3)[O]2. The van der Waals surface area contributed by atoms with Gasteiger partial charge in [0.2, 0.25) is 0 Å². The average molecular weight is 671 g/mol. The van der Waals surface area contributed by atoms with Crippen LogP contribution in [-0.4, -0.2) is 17.3 Å². The number of fused-ring (bicyclic) bond motifs is 10. The van der Waals surface area contributed by atoms with Crippen molar-refractivity contribution in [1.82, 2.24) is 0 Å². The second-order valence-electron chi connectivity index (χ2n) is 12.4. The first-order chi connectivity index (χ1) is 23.2. The second-order valence-corrected chi connectivity index (χ2v) is 15.1. The van der Waals surface area contributed by atoms with Crippen LogP contribution in [0.2, 0.25) is 0 Å². The molecule has 0 saturated carbocycles. The number of aryl methyl sites for hydroxylation is 2. The maximum atomic E-state index is 13.9. The van der Waals surface area contributed by atoms with E-state index in [9.17, 15) is 5.11 Å². The number of hydrogen-bond donors (Lipinski definition) is 0. The van der Waals surface area contributed by atoms with Crippen molar-refractivity contribution >= 4 is 60.4 Å². The number of rotatable bonds is 1. The molecule has 0 spiro atoms. The van der Waals surface area contributed by atoms with Crippen molar-refractivity contribution in [1.29, 1.82) is 0 Å². The van der Waals surface area contributed by atoms with Gasteiger partial charge in [-0.25, -0.2) is 0 Å². The molecule has 8 aromatic carbocycles. The van der Waals surface area contributed by atoms with Crippen molar-refractivity contribution in [3.63, 3.8) is 0 Å². The molecule has 2 aliphatic rings. The zero-order valence-corrected chi connectivity index (χ0v) is 28.7. The molecule has 6 heteroatoms. The molecule has 0 aromatic heterocycles. The molecule has 222 valence electrons. The molecular weight excluding hydrogens is 645 g/mol. The van der Waals surface area contributed by atoms with Crippen molar-refractivity contribution in [3.05, 3.63) is 145 Å². The fraction of sp³-hybridized carbons (Fsp3) is 0.0476. The standard InChI is InChI=1S/C42H30O4.Ga.Li/c43-35-21-19-25-9-1-5-13-31(25)37(35)39-33-15-7-3-11-27(33)23-29(41(39)45)17-18-30-24-28-12-4-8-16-34(28)40(42(30)46)38-32-14-6-2-10-26(32)20-22-36(38)44;;/h1-16,19-24,43-46H,17-18H2;;/q;+3;+1/p-4. The van der Waals surface area contributed by atoms with Crippen molar-refractivity contribution < 1.29 is 34.6 Å². The van der Waals surface area contributed by atoms with E-state index >= 15 is 0 Å². The molecule has 0 fully saturated rings. The Labute approximate surface area is 296 Å². The van der Waals surface area contributed by atoms with Gasteiger partial charge in [-0.1, -0.05) is 0 Å². The summed E-state index contributed by atoms with van der Waals surface area (Å²) in [6, 6.07) is 45.6. The van der Waals surface area contributed by atoms with Crippen LogP contribution in [0, 0.1) is 0 Å². The molecule has 0 N–H and O–H groups in total. The zero-order chi connectivity index (χ0) is 31.1. The third kappa shape index (κ3) is 4.47. The van der Waals surface area contributed by atoms with Crippen molar-refractivity contribution in [2.45, 2.75) is 12.8 Å². The predicted molar refractivity (Wildman–Crippen MR) is 188 cm³/mol. The maximum absolute atomic E-state index is 13.9. The Morgan fingerprint density at radius 1 is 0.438 bits per heavy atom. The summed E-state index contributed by atoms with van der Waals surface area (Å²) in [4.78, 5) is 0. The molecule has 4 nitrogen and oxygen atoms in total. The van der Waals surface area contributed by atoms with Crippen LogP contribution in [0.4, 0.5) is 0 Å². The van der Waals surface area contributed by atoms with Crippen LogP contribution in [0.1, 0.15) is 11.1 Å². The third-order valence-corrected chi connectivity index (χ3v) is 12.5. The topological polar surface area (TPSA) is 50.8 Å². The molecule has 2 bridgehead atoms. The van der Waals surface area contributed by atoms with Gasteiger partial charge in [-0.15, -0.1) is 0 Å². The zero-order valence-electron chi connectivity index (χ0n) is 26.3. The predicted octanol–water partition coefficient (Wildman–Crippen LogP) is 6.64. The summed E-state index contributed by atoms with van der Waals surface area (Å²) in [6.07, 6.45) is 1.47. The van der Waals surface area contributed by atoms with Crippen LogP contribution < -0.4 is 34.6 Å². The summed E-state index contributed by atoms with van der Waals surface area (Å²) in [6.45, 7) is 0. The first-order valence-corrected chi connectivity index (χ1v) is 19.0. The van der Waals surface area contributed by atoms with Crippen LogP contribution in [0.5, 0.6) is 23.0 Å². The quantitative estimate of drug-likeness (QED) is 0.184. The Balaban J connectivity index is 0.00000314. The van der Waals surface area contributed by atoms with Crippen molar-refractivity contribution in [2.75, 3.05) is 0 Å². The summed E-state index contributed by atoms with van der Waals surface area (Å²) < 4.78 is 21.1. The molecule has 2 heterocycles. The van der Waals surface area contributed by atoms with Crippen LogP contribution in [0.25, 0.3) is 65.3 Å². The fourth-order valence-corrected chi connectivity index (χ4v) is 10.8. The summed E-state index contributed by atoms with van der Waals surface area (Å²) in [5, 5.41) is 22.4. The molecule has 0 amide bonds. The van der Waals surface area contributed by atoms with Gasteiger partial charge < -0.3 is 0 Å². The van der Waals surface area contributed by atoms with E-state index < -0.39 is 17.3 Å². The Bertz CT molecular complexity index is 2600. The van der Waals surface area contributed by atoms with Gasteiger partial charge in [-0.2, -0.15) is 0 Å². The van der Waals surface area contributed by atoms with E-state index in [0.29, 0.717) is 11.3 Å². The minimum atomic E-state index is -3.61. The number of benzene rings is 8. The van der Waals surface area contributed by atoms with E-state index in [4.69, 9.17) is 10.6 Å². The average Bonchev–Trinajstić information content (AvgIpc) is 3.23. The van der Waals surface area contributed by atoms with E-state index in [-0.39, 0.29) is 24.6 Å². The Kier molecular flexibility index (Phi) is 7.00. The fourth-order valence-electron chi connectivity index (χ4n) is 7.67. The first-order valence-electron chi connectivity index (χ1n) is 16.0. The van der Waals surface area contributed by atoms with Gasteiger partial charge in [0, 0.05) is 0 Å². The minimum absolute atomic E-state index is 0. The molecule has 48 heavy (non-hydrogen) atoms. The van der Waals surface area contributed by atoms with E-state index in [0.717, 1.165) is 89.9 Å². The Morgan fingerprint density at radius 2 is 0.875 bits per heavy atom. The molecule has 0 saturated heterocycles. The van der Waals surface area contributed by atoms with Crippen molar-refractivity contribution in [3.8, 4) is 45.3 Å². The summed E-state index contributed by atoms with van der Waals surface area (Å²) in [5.41, 5.74) is 5.77. The van der Waals surface area contributed by atoms with E-state index in [2.05, 4.69) is 97.1 Å². The molecule has 0 unspecified atom stereocenters. The van der Waals surface area contributed by atoms with Gasteiger partial charge in [-0.05, 0) is 0 Å². The monoisotopic (exact) mass is 670 g/mol. The molecule has 0 radical (unpaired) electrons. The van der Waals surface area contributed by atoms with Crippen LogP contribution >= 0.6 is 0 Å². The van der Waals surface area contributed by atoms with Gasteiger partial charge in [0.15, 0.2) is 0 Å². The van der Waals surface area contributed by atoms with Crippen LogP contribution in [0.15, 0.2) is 133 Å². The second kappa shape index (κ2) is 11.4. The van der Waals surface area contributed by atoms with Gasteiger partial charge in [0.25, 0.3) is 0 Å². The van der Waals surface area contributed by atoms with Gasteiger partial charge in [0.1, 0.15) is 0 Å². The first kappa shape index (κ1) is 29.4.